The molecule has 1 aliphatic heterocycles. The monoisotopic (exact) mass is 584 g/mol. The zero-order valence-electron chi connectivity index (χ0n) is 20.0. The number of amides is 2. The summed E-state index contributed by atoms with van der Waals surface area (Å²) >= 11 is 7.69. The second-order valence-electron chi connectivity index (χ2n) is 8.09. The van der Waals surface area contributed by atoms with E-state index in [9.17, 15) is 18.0 Å². The number of anilines is 3. The summed E-state index contributed by atoms with van der Waals surface area (Å²) in [4.78, 5) is 32.0. The molecule has 0 bridgehead atoms. The Balaban J connectivity index is 0.000000448. The number of hydrogen-bond acceptors (Lipinski definition) is 9. The number of halogens is 4. The molecule has 1 aliphatic rings. The van der Waals surface area contributed by atoms with Crippen LogP contribution >= 0.6 is 23.1 Å². The van der Waals surface area contributed by atoms with Crippen LogP contribution in [0, 0.1) is 0 Å². The average Bonchev–Trinajstić information content (AvgIpc) is 3.56. The van der Waals surface area contributed by atoms with Gasteiger partial charge in [-0.25, -0.2) is 14.6 Å². The largest absolute Gasteiger partial charge is 0.490 e. The third kappa shape index (κ3) is 6.90. The second-order valence-corrected chi connectivity index (χ2v) is 9.22. The van der Waals surface area contributed by atoms with Crippen molar-refractivity contribution in [2.75, 3.05) is 30.4 Å². The van der Waals surface area contributed by atoms with Crippen LogP contribution in [0.25, 0.3) is 22.3 Å². The number of carbonyl (C=O) groups excluding carboxylic acids is 1. The van der Waals surface area contributed by atoms with Crippen LogP contribution in [0.15, 0.2) is 36.7 Å². The number of nitrogens with zero attached hydrogens (tertiary/aromatic N) is 5. The van der Waals surface area contributed by atoms with Crippen molar-refractivity contribution >= 4 is 62.7 Å². The summed E-state index contributed by atoms with van der Waals surface area (Å²) in [6.45, 7) is 3.55. The molecule has 1 unspecified atom stereocenters. The molecule has 206 valence electrons. The first-order valence-corrected chi connectivity index (χ1v) is 12.3. The van der Waals surface area contributed by atoms with Crippen LogP contribution in [0.1, 0.15) is 6.92 Å². The molecule has 17 heteroatoms. The lowest BCUT2D eigenvalue weighted by atomic mass is 10.2. The Morgan fingerprint density at radius 2 is 2.08 bits per heavy atom. The van der Waals surface area contributed by atoms with Crippen molar-refractivity contribution in [3.8, 4) is 11.4 Å². The molecular weight excluding hydrogens is 565 g/mol. The van der Waals surface area contributed by atoms with Gasteiger partial charge in [-0.1, -0.05) is 11.6 Å². The number of alkyl halides is 3. The minimum Gasteiger partial charge on any atom is -0.475 e. The van der Waals surface area contributed by atoms with Gasteiger partial charge in [-0.2, -0.15) is 27.6 Å². The lowest BCUT2D eigenvalue weighted by molar-refractivity contribution is -0.192. The second kappa shape index (κ2) is 11.8. The molecule has 1 atom stereocenters. The van der Waals surface area contributed by atoms with Crippen molar-refractivity contribution in [1.82, 2.24) is 29.4 Å². The highest BCUT2D eigenvalue weighted by atomic mass is 35.5. The van der Waals surface area contributed by atoms with Crippen molar-refractivity contribution in [2.45, 2.75) is 19.1 Å². The van der Waals surface area contributed by atoms with E-state index in [4.69, 9.17) is 26.2 Å². The molecule has 4 N–H and O–H groups in total. The first-order valence-electron chi connectivity index (χ1n) is 11.2. The van der Waals surface area contributed by atoms with Gasteiger partial charge in [-0.15, -0.1) is 0 Å². The average molecular weight is 585 g/mol. The fourth-order valence-corrected chi connectivity index (χ4v) is 4.30. The summed E-state index contributed by atoms with van der Waals surface area (Å²) in [7, 11) is 0. The quantitative estimate of drug-likeness (QED) is 0.265. The lowest BCUT2D eigenvalue weighted by Gasteiger charge is -2.33. The summed E-state index contributed by atoms with van der Waals surface area (Å²) in [6, 6.07) is 7.10. The molecule has 1 aromatic carbocycles. The van der Waals surface area contributed by atoms with Crippen LogP contribution in [0.2, 0.25) is 5.02 Å². The van der Waals surface area contributed by atoms with E-state index in [-0.39, 0.29) is 12.1 Å². The number of pyridine rings is 1. The van der Waals surface area contributed by atoms with Crippen molar-refractivity contribution in [3.05, 3.63) is 41.7 Å². The lowest BCUT2D eigenvalue weighted by Crippen LogP contribution is -2.48. The minimum atomic E-state index is -5.08. The standard InChI is InChI=1S/C20H19ClN8O2S.C2HF3O2/c1-11-10-31-7-6-29(11)20(30)25-16-8-12(4-5-22-16)18-26-19(32-28-18)24-15-3-2-14-13(17(15)21)9-23-27-14;3-2(4,5)1(6)7/h2-5,8-9,11H,6-7,10H2,1H3,(H,23,27)(H,22,25,30)(H,24,26,28);(H,6,7). The van der Waals surface area contributed by atoms with Crippen LogP contribution in [0.5, 0.6) is 0 Å². The third-order valence-electron chi connectivity index (χ3n) is 5.35. The van der Waals surface area contributed by atoms with Gasteiger partial charge in [0.2, 0.25) is 5.13 Å². The maximum Gasteiger partial charge on any atom is 0.490 e. The van der Waals surface area contributed by atoms with Crippen molar-refractivity contribution < 1.29 is 32.6 Å². The first kappa shape index (κ1) is 28.0. The van der Waals surface area contributed by atoms with Gasteiger partial charge in [0.15, 0.2) is 5.82 Å². The van der Waals surface area contributed by atoms with Gasteiger partial charge in [0.25, 0.3) is 0 Å². The SMILES string of the molecule is CC1COCCN1C(=O)Nc1cc(-c2nsc(Nc3ccc4[nH]ncc4c3Cl)n2)ccn1.O=C(O)C(F)(F)F. The van der Waals surface area contributed by atoms with E-state index < -0.39 is 12.1 Å². The zero-order valence-corrected chi connectivity index (χ0v) is 21.6. The van der Waals surface area contributed by atoms with Gasteiger partial charge in [-0.3, -0.25) is 10.4 Å². The number of carboxylic acids is 1. The number of hydrogen-bond donors (Lipinski definition) is 4. The Morgan fingerprint density at radius 1 is 1.31 bits per heavy atom. The van der Waals surface area contributed by atoms with Crippen LogP contribution < -0.4 is 10.6 Å². The predicted molar refractivity (Wildman–Crippen MR) is 137 cm³/mol. The Bertz CT molecular complexity index is 1480. The predicted octanol–water partition coefficient (Wildman–Crippen LogP) is 4.76. The summed E-state index contributed by atoms with van der Waals surface area (Å²) in [5, 5.41) is 22.0. The van der Waals surface area contributed by atoms with Gasteiger partial charge in [-0.05, 0) is 31.2 Å². The number of carbonyl (C=O) groups is 2. The fourth-order valence-electron chi connectivity index (χ4n) is 3.43. The highest BCUT2D eigenvalue weighted by molar-refractivity contribution is 7.10. The van der Waals surface area contributed by atoms with Crippen LogP contribution in [0.4, 0.5) is 34.6 Å². The Kier molecular flexibility index (Phi) is 8.47. The minimum absolute atomic E-state index is 0.00821. The first-order chi connectivity index (χ1) is 18.5. The number of aromatic nitrogens is 5. The van der Waals surface area contributed by atoms with E-state index in [1.54, 1.807) is 29.4 Å². The molecule has 1 saturated heterocycles. The Labute approximate surface area is 227 Å². The van der Waals surface area contributed by atoms with Gasteiger partial charge < -0.3 is 20.1 Å². The summed E-state index contributed by atoms with van der Waals surface area (Å²) in [6.07, 6.45) is -1.79. The summed E-state index contributed by atoms with van der Waals surface area (Å²) < 4.78 is 41.5. The molecule has 4 heterocycles. The Morgan fingerprint density at radius 3 is 2.79 bits per heavy atom. The maximum atomic E-state index is 12.6. The van der Waals surface area contributed by atoms with E-state index >= 15 is 0 Å². The molecule has 0 aliphatic carbocycles. The molecule has 1 fully saturated rings. The third-order valence-corrected chi connectivity index (χ3v) is 6.39. The normalized spacial score (nSPS) is 15.4. The number of benzene rings is 1. The van der Waals surface area contributed by atoms with Crippen molar-refractivity contribution in [2.24, 2.45) is 0 Å². The molecule has 4 aromatic rings. The molecular formula is C22H20ClF3N8O4S. The molecule has 0 saturated carbocycles. The number of urea groups is 1. The van der Waals surface area contributed by atoms with Crippen molar-refractivity contribution in [1.29, 1.82) is 0 Å². The van der Waals surface area contributed by atoms with E-state index in [2.05, 4.69) is 35.2 Å². The highest BCUT2D eigenvalue weighted by Gasteiger charge is 2.38. The number of fused-ring (bicyclic) bond motifs is 1. The van der Waals surface area contributed by atoms with Crippen molar-refractivity contribution in [3.63, 3.8) is 0 Å². The number of ether oxygens (including phenoxy) is 1. The van der Waals surface area contributed by atoms with Gasteiger partial charge in [0.1, 0.15) is 5.82 Å². The van der Waals surface area contributed by atoms with E-state index in [0.717, 1.165) is 16.5 Å². The van der Waals surface area contributed by atoms with Gasteiger partial charge in [0.05, 0.1) is 41.7 Å². The number of aromatic amines is 1. The topological polar surface area (TPSA) is 158 Å². The maximum absolute atomic E-state index is 12.6. The molecule has 2 amide bonds. The van der Waals surface area contributed by atoms with Gasteiger partial charge in [0, 0.05) is 35.2 Å². The molecule has 12 nitrogen and oxygen atoms in total. The van der Waals surface area contributed by atoms with E-state index in [0.29, 0.717) is 47.2 Å². The Hall–Kier alpha value is -4.02. The molecule has 5 rings (SSSR count). The number of rotatable bonds is 4. The van der Waals surface area contributed by atoms with Crippen LogP contribution in [0.3, 0.4) is 0 Å². The van der Waals surface area contributed by atoms with E-state index in [1.807, 2.05) is 19.1 Å². The fraction of sp³-hybridized carbons (Fsp3) is 0.273. The number of carboxylic acid groups (broad SMARTS) is 1. The summed E-state index contributed by atoms with van der Waals surface area (Å²) in [5.41, 5.74) is 2.31. The zero-order chi connectivity index (χ0) is 28.2. The van der Waals surface area contributed by atoms with Crippen LogP contribution in [-0.4, -0.2) is 78.5 Å². The molecule has 0 spiro atoms. The number of aliphatic carboxylic acids is 1. The molecule has 0 radical (unpaired) electrons. The number of H-pyrrole nitrogens is 1. The highest BCUT2D eigenvalue weighted by Crippen LogP contribution is 2.33. The van der Waals surface area contributed by atoms with E-state index in [1.165, 1.54) is 11.5 Å². The number of nitrogens with one attached hydrogen (secondary N) is 3. The molecule has 3 aromatic heterocycles. The number of morpholine rings is 1. The van der Waals surface area contributed by atoms with Crippen LogP contribution in [-0.2, 0) is 9.53 Å². The smallest absolute Gasteiger partial charge is 0.475 e. The van der Waals surface area contributed by atoms with Gasteiger partial charge >= 0.3 is 18.2 Å². The summed E-state index contributed by atoms with van der Waals surface area (Å²) in [5.74, 6) is -1.80. The molecule has 39 heavy (non-hydrogen) atoms.